The first-order chi connectivity index (χ1) is 6.07. The zero-order valence-corrected chi connectivity index (χ0v) is 8.19. The molecular formula is C8H8Cl2MgO3. The summed E-state index contributed by atoms with van der Waals surface area (Å²) in [7, 11) is 1.34. The average Bonchev–Trinajstić information content (AvgIpc) is 2.07. The molecule has 0 amide bonds. The third-order valence-corrected chi connectivity index (χ3v) is 2.09. The molecule has 1 N–H and O–H groups in total. The molecule has 0 saturated heterocycles. The summed E-state index contributed by atoms with van der Waals surface area (Å²) in [6, 6.07) is 2.89. The van der Waals surface area contributed by atoms with Gasteiger partial charge in [0.1, 0.15) is 5.56 Å². The van der Waals surface area contributed by atoms with E-state index in [9.17, 15) is 4.79 Å². The van der Waals surface area contributed by atoms with Gasteiger partial charge in [0.15, 0.2) is 5.75 Å². The third kappa shape index (κ3) is 2.67. The van der Waals surface area contributed by atoms with E-state index in [0.29, 0.717) is 0 Å². The molecule has 0 saturated carbocycles. The van der Waals surface area contributed by atoms with Crippen molar-refractivity contribution in [1.82, 2.24) is 0 Å². The van der Waals surface area contributed by atoms with Crippen molar-refractivity contribution in [2.75, 3.05) is 7.11 Å². The lowest BCUT2D eigenvalue weighted by Gasteiger charge is -2.07. The number of hydrogen-bond donors (Lipinski definition) is 1. The molecule has 6 heteroatoms. The van der Waals surface area contributed by atoms with E-state index in [1.165, 1.54) is 19.2 Å². The highest BCUT2D eigenvalue weighted by Crippen LogP contribution is 2.33. The van der Waals surface area contributed by atoms with Crippen molar-refractivity contribution in [2.45, 2.75) is 0 Å². The van der Waals surface area contributed by atoms with Gasteiger partial charge in [-0.3, -0.25) is 0 Å². The highest BCUT2D eigenvalue weighted by molar-refractivity contribution is 6.36. The summed E-state index contributed by atoms with van der Waals surface area (Å²) in [6.45, 7) is 0. The van der Waals surface area contributed by atoms with Gasteiger partial charge in [-0.15, -0.1) is 0 Å². The van der Waals surface area contributed by atoms with E-state index in [-0.39, 0.29) is 44.4 Å². The van der Waals surface area contributed by atoms with Crippen LogP contribution < -0.4 is 4.74 Å². The summed E-state index contributed by atoms with van der Waals surface area (Å²) in [5.74, 6) is -1.08. The van der Waals surface area contributed by atoms with Gasteiger partial charge in [-0.05, 0) is 12.1 Å². The van der Waals surface area contributed by atoms with E-state index >= 15 is 0 Å². The Hall–Kier alpha value is -0.164. The number of rotatable bonds is 2. The maximum Gasteiger partial charge on any atom is 0.341 e. The highest BCUT2D eigenvalue weighted by Gasteiger charge is 2.17. The molecule has 0 fully saturated rings. The monoisotopic (exact) mass is 246 g/mol. The summed E-state index contributed by atoms with van der Waals surface area (Å²) in [6.07, 6.45) is 0. The van der Waals surface area contributed by atoms with Crippen LogP contribution >= 0.6 is 23.2 Å². The lowest BCUT2D eigenvalue weighted by atomic mass is 10.2. The molecule has 3 nitrogen and oxygen atoms in total. The largest absolute Gasteiger partial charge is 0.494 e. The molecule has 0 aromatic heterocycles. The van der Waals surface area contributed by atoms with Crippen LogP contribution in [0.25, 0.3) is 0 Å². The number of halogens is 2. The van der Waals surface area contributed by atoms with Gasteiger partial charge in [0.25, 0.3) is 0 Å². The molecule has 0 bridgehead atoms. The molecule has 14 heavy (non-hydrogen) atoms. The normalized spacial score (nSPS) is 9.07. The van der Waals surface area contributed by atoms with E-state index in [4.69, 9.17) is 33.0 Å². The van der Waals surface area contributed by atoms with Crippen LogP contribution in [0.2, 0.25) is 10.0 Å². The fourth-order valence-corrected chi connectivity index (χ4v) is 1.40. The SMILES string of the molecule is COc1c(Cl)ccc(Cl)c1C(=O)O.[MgH2]. The first-order valence-electron chi connectivity index (χ1n) is 3.33. The Kier molecular flexibility index (Phi) is 5.59. The molecule has 0 unspecified atom stereocenters. The average molecular weight is 247 g/mol. The maximum atomic E-state index is 10.7. The predicted molar refractivity (Wildman–Crippen MR) is 58.5 cm³/mol. The molecule has 74 valence electrons. The van der Waals surface area contributed by atoms with E-state index in [1.54, 1.807) is 0 Å². The molecule has 1 rings (SSSR count). The van der Waals surface area contributed by atoms with Crippen LogP contribution in [0.4, 0.5) is 0 Å². The van der Waals surface area contributed by atoms with Gasteiger partial charge in [0, 0.05) is 0 Å². The topological polar surface area (TPSA) is 46.5 Å². The standard InChI is InChI=1S/C8H6Cl2O3.Mg.2H/c1-13-7-5(10)3-2-4(9)6(7)8(11)12;;;/h2-3H,1H3,(H,11,12);;;. The van der Waals surface area contributed by atoms with Crippen molar-refractivity contribution in [3.63, 3.8) is 0 Å². The Morgan fingerprint density at radius 2 is 1.86 bits per heavy atom. The van der Waals surface area contributed by atoms with Crippen LogP contribution in [0.15, 0.2) is 12.1 Å². The second-order valence-corrected chi connectivity index (χ2v) is 3.06. The Morgan fingerprint density at radius 1 is 1.36 bits per heavy atom. The van der Waals surface area contributed by atoms with Crippen molar-refractivity contribution < 1.29 is 14.6 Å². The summed E-state index contributed by atoms with van der Waals surface area (Å²) in [4.78, 5) is 10.7. The molecule has 0 atom stereocenters. The number of methoxy groups -OCH3 is 1. The molecule has 1 aromatic carbocycles. The molecule has 0 aliphatic carbocycles. The molecule has 0 spiro atoms. The van der Waals surface area contributed by atoms with E-state index in [2.05, 4.69) is 0 Å². The van der Waals surface area contributed by atoms with Gasteiger partial charge in [0.2, 0.25) is 0 Å². The molecule has 0 aliphatic heterocycles. The zero-order chi connectivity index (χ0) is 10.0. The number of carboxylic acid groups (broad SMARTS) is 1. The fraction of sp³-hybridized carbons (Fsp3) is 0.125. The van der Waals surface area contributed by atoms with Crippen LogP contribution in [0.1, 0.15) is 10.4 Å². The van der Waals surface area contributed by atoms with Crippen LogP contribution in [-0.2, 0) is 0 Å². The molecule has 0 radical (unpaired) electrons. The Bertz CT molecular complexity index is 355. The van der Waals surface area contributed by atoms with Gasteiger partial charge in [0.05, 0.1) is 17.2 Å². The quantitative estimate of drug-likeness (QED) is 0.810. The molecule has 0 aliphatic rings. The van der Waals surface area contributed by atoms with Gasteiger partial charge in [-0.2, -0.15) is 0 Å². The van der Waals surface area contributed by atoms with E-state index in [1.807, 2.05) is 0 Å². The van der Waals surface area contributed by atoms with Gasteiger partial charge in [-0.1, -0.05) is 23.2 Å². The van der Waals surface area contributed by atoms with Crippen molar-refractivity contribution >= 4 is 52.2 Å². The molecule has 1 aromatic rings. The number of carboxylic acids is 1. The van der Waals surface area contributed by atoms with Crippen LogP contribution in [0, 0.1) is 0 Å². The van der Waals surface area contributed by atoms with E-state index < -0.39 is 5.97 Å². The second kappa shape index (κ2) is 5.65. The lowest BCUT2D eigenvalue weighted by molar-refractivity contribution is 0.0693. The first kappa shape index (κ1) is 13.8. The number of benzene rings is 1. The van der Waals surface area contributed by atoms with Gasteiger partial charge in [-0.25, -0.2) is 4.79 Å². The Balaban J connectivity index is 0.00000169. The Morgan fingerprint density at radius 3 is 2.21 bits per heavy atom. The first-order valence-corrected chi connectivity index (χ1v) is 4.08. The summed E-state index contributed by atoms with van der Waals surface area (Å²) in [5.41, 5.74) is -0.114. The van der Waals surface area contributed by atoms with Crippen LogP contribution in [0.5, 0.6) is 5.75 Å². The highest BCUT2D eigenvalue weighted by atomic mass is 35.5. The minimum Gasteiger partial charge on any atom is -0.494 e. The number of aromatic carboxylic acids is 1. The fourth-order valence-electron chi connectivity index (χ4n) is 0.932. The summed E-state index contributed by atoms with van der Waals surface area (Å²) in [5, 5.41) is 9.11. The number of carbonyl (C=O) groups is 1. The molecular weight excluding hydrogens is 239 g/mol. The minimum absolute atomic E-state index is 0. The third-order valence-electron chi connectivity index (χ3n) is 1.48. The maximum absolute atomic E-state index is 10.7. The Labute approximate surface area is 107 Å². The smallest absolute Gasteiger partial charge is 0.341 e. The van der Waals surface area contributed by atoms with Gasteiger partial charge >= 0.3 is 29.0 Å². The zero-order valence-electron chi connectivity index (χ0n) is 6.67. The molecule has 0 heterocycles. The van der Waals surface area contributed by atoms with Crippen molar-refractivity contribution in [3.05, 3.63) is 27.7 Å². The van der Waals surface area contributed by atoms with Gasteiger partial charge < -0.3 is 9.84 Å². The van der Waals surface area contributed by atoms with Crippen molar-refractivity contribution in [3.8, 4) is 5.75 Å². The van der Waals surface area contributed by atoms with Crippen molar-refractivity contribution in [1.29, 1.82) is 0 Å². The summed E-state index contributed by atoms with van der Waals surface area (Å²) >= 11 is 11.4. The number of ether oxygens (including phenoxy) is 1. The predicted octanol–water partition coefficient (Wildman–Crippen LogP) is 1.78. The number of hydrogen-bond acceptors (Lipinski definition) is 2. The van der Waals surface area contributed by atoms with Crippen LogP contribution in [0.3, 0.4) is 0 Å². The second-order valence-electron chi connectivity index (χ2n) is 2.24. The summed E-state index contributed by atoms with van der Waals surface area (Å²) < 4.78 is 4.82. The van der Waals surface area contributed by atoms with Crippen LogP contribution in [-0.4, -0.2) is 41.2 Å². The lowest BCUT2D eigenvalue weighted by Crippen LogP contribution is -2.01. The van der Waals surface area contributed by atoms with E-state index in [0.717, 1.165) is 0 Å². The van der Waals surface area contributed by atoms with Crippen molar-refractivity contribution in [2.24, 2.45) is 0 Å². The minimum atomic E-state index is -1.16.